The van der Waals surface area contributed by atoms with Crippen LogP contribution in [0.3, 0.4) is 0 Å². The standard InChI is InChI=1S/C14H16Cl3NO2.H2O4S/c1-4-14(3,12(19)7-15)18-13(20)9-5-10(16)8(2)11(17)6-9;1-5(2,3)4/h5-6H,4,7H2,1-3H3,(H,18,20);(H2,1,2,3,4). The molecule has 1 amide bonds. The van der Waals surface area contributed by atoms with Crippen molar-refractivity contribution in [1.82, 2.24) is 5.32 Å². The first kappa shape index (κ1) is 24.1. The zero-order valence-electron chi connectivity index (χ0n) is 13.6. The number of carbonyl (C=O) groups excluding carboxylic acids is 2. The van der Waals surface area contributed by atoms with E-state index in [2.05, 4.69) is 5.32 Å². The van der Waals surface area contributed by atoms with Gasteiger partial charge in [0.05, 0.1) is 11.4 Å². The van der Waals surface area contributed by atoms with E-state index in [1.165, 1.54) is 12.1 Å². The number of ketones is 1. The van der Waals surface area contributed by atoms with Gasteiger partial charge < -0.3 is 5.32 Å². The van der Waals surface area contributed by atoms with E-state index in [1.807, 2.05) is 0 Å². The number of hydrogen-bond acceptors (Lipinski definition) is 4. The van der Waals surface area contributed by atoms with Crippen LogP contribution in [-0.4, -0.2) is 40.6 Å². The molecule has 3 N–H and O–H groups in total. The SMILES string of the molecule is CCC(C)(NC(=O)c1cc(Cl)c(C)c(Cl)c1)C(=O)CCl.O=S(=O)(O)O. The Labute approximate surface area is 161 Å². The lowest BCUT2D eigenvalue weighted by molar-refractivity contribution is -0.122. The molecule has 0 aliphatic heterocycles. The number of hydrogen-bond donors (Lipinski definition) is 3. The average molecular weight is 435 g/mol. The topological polar surface area (TPSA) is 121 Å². The minimum atomic E-state index is -4.67. The van der Waals surface area contributed by atoms with Crippen molar-refractivity contribution in [3.63, 3.8) is 0 Å². The highest BCUT2D eigenvalue weighted by molar-refractivity contribution is 7.79. The van der Waals surface area contributed by atoms with Crippen LogP contribution in [0, 0.1) is 6.92 Å². The lowest BCUT2D eigenvalue weighted by atomic mass is 9.93. The van der Waals surface area contributed by atoms with Crippen LogP contribution in [-0.2, 0) is 15.2 Å². The molecule has 0 saturated carbocycles. The first-order valence-corrected chi connectivity index (χ1v) is 9.51. The van der Waals surface area contributed by atoms with Crippen molar-refractivity contribution >= 4 is 56.9 Å². The molecule has 0 aromatic heterocycles. The van der Waals surface area contributed by atoms with E-state index >= 15 is 0 Å². The van der Waals surface area contributed by atoms with Crippen molar-refractivity contribution in [2.24, 2.45) is 0 Å². The Morgan fingerprint density at radius 2 is 1.60 bits per heavy atom. The van der Waals surface area contributed by atoms with Crippen LogP contribution >= 0.6 is 34.8 Å². The van der Waals surface area contributed by atoms with Gasteiger partial charge in [0.1, 0.15) is 0 Å². The lowest BCUT2D eigenvalue weighted by Gasteiger charge is -2.27. The van der Waals surface area contributed by atoms with Crippen LogP contribution in [0.5, 0.6) is 0 Å². The fourth-order valence-corrected chi connectivity index (χ4v) is 2.38. The molecule has 1 rings (SSSR count). The van der Waals surface area contributed by atoms with Gasteiger partial charge in [0.25, 0.3) is 5.91 Å². The molecule has 1 aromatic carbocycles. The molecule has 11 heteroatoms. The third-order valence-electron chi connectivity index (χ3n) is 3.38. The molecule has 0 bridgehead atoms. The van der Waals surface area contributed by atoms with E-state index in [-0.39, 0.29) is 11.7 Å². The number of rotatable bonds is 5. The summed E-state index contributed by atoms with van der Waals surface area (Å²) in [6, 6.07) is 3.05. The summed E-state index contributed by atoms with van der Waals surface area (Å²) in [6.07, 6.45) is 0.442. The second-order valence-corrected chi connectivity index (χ2v) is 7.19. The van der Waals surface area contributed by atoms with Gasteiger partial charge in [0, 0.05) is 15.6 Å². The summed E-state index contributed by atoms with van der Waals surface area (Å²) in [7, 11) is -4.67. The highest BCUT2D eigenvalue weighted by atomic mass is 35.5. The Balaban J connectivity index is 0.00000101. The maximum absolute atomic E-state index is 12.2. The van der Waals surface area contributed by atoms with Crippen LogP contribution in [0.15, 0.2) is 12.1 Å². The van der Waals surface area contributed by atoms with Gasteiger partial charge in [-0.25, -0.2) is 0 Å². The largest absolute Gasteiger partial charge is 0.394 e. The molecule has 25 heavy (non-hydrogen) atoms. The average Bonchev–Trinajstić information content (AvgIpc) is 2.49. The number of carbonyl (C=O) groups is 2. The smallest absolute Gasteiger partial charge is 0.340 e. The molecule has 0 spiro atoms. The molecular weight excluding hydrogens is 417 g/mol. The quantitative estimate of drug-likeness (QED) is 0.482. The van der Waals surface area contributed by atoms with Crippen molar-refractivity contribution < 1.29 is 27.1 Å². The van der Waals surface area contributed by atoms with E-state index in [0.717, 1.165) is 0 Å². The number of alkyl halides is 1. The summed E-state index contributed by atoms with van der Waals surface area (Å²) in [6.45, 7) is 5.21. The van der Waals surface area contributed by atoms with Crippen LogP contribution < -0.4 is 5.32 Å². The Bertz CT molecular complexity index is 722. The number of amides is 1. The van der Waals surface area contributed by atoms with Gasteiger partial charge in [-0.2, -0.15) is 8.42 Å². The molecule has 0 heterocycles. The predicted octanol–water partition coefficient (Wildman–Crippen LogP) is 3.36. The second-order valence-electron chi connectivity index (χ2n) is 5.21. The molecule has 0 fully saturated rings. The number of Topliss-reactive ketones (excluding diaryl/α,β-unsaturated/α-hetero) is 1. The maximum atomic E-state index is 12.2. The fourth-order valence-electron chi connectivity index (χ4n) is 1.60. The zero-order valence-corrected chi connectivity index (χ0v) is 16.7. The zero-order chi connectivity index (χ0) is 20.0. The third kappa shape index (κ3) is 8.35. The van der Waals surface area contributed by atoms with E-state index in [9.17, 15) is 9.59 Å². The number of halogens is 3. The van der Waals surface area contributed by atoms with Crippen molar-refractivity contribution in [2.75, 3.05) is 5.88 Å². The summed E-state index contributed by atoms with van der Waals surface area (Å²) in [5.74, 6) is -0.795. The summed E-state index contributed by atoms with van der Waals surface area (Å²) in [5, 5.41) is 3.51. The van der Waals surface area contributed by atoms with Crippen molar-refractivity contribution in [1.29, 1.82) is 0 Å². The molecule has 7 nitrogen and oxygen atoms in total. The van der Waals surface area contributed by atoms with Crippen molar-refractivity contribution in [3.8, 4) is 0 Å². The molecule has 0 saturated heterocycles. The fraction of sp³-hybridized carbons (Fsp3) is 0.429. The molecule has 1 atom stereocenters. The molecule has 1 unspecified atom stereocenters. The van der Waals surface area contributed by atoms with Gasteiger partial charge in [0.2, 0.25) is 0 Å². The summed E-state index contributed by atoms with van der Waals surface area (Å²) in [4.78, 5) is 24.1. The van der Waals surface area contributed by atoms with E-state index in [1.54, 1.807) is 20.8 Å². The number of benzene rings is 1. The van der Waals surface area contributed by atoms with Crippen molar-refractivity contribution in [2.45, 2.75) is 32.7 Å². The Morgan fingerprint density at radius 1 is 1.20 bits per heavy atom. The highest BCUT2D eigenvalue weighted by Crippen LogP contribution is 2.26. The van der Waals surface area contributed by atoms with Crippen molar-refractivity contribution in [3.05, 3.63) is 33.3 Å². The minimum Gasteiger partial charge on any atom is -0.340 e. The lowest BCUT2D eigenvalue weighted by Crippen LogP contribution is -2.52. The van der Waals surface area contributed by atoms with Gasteiger partial charge in [-0.05, 0) is 38.0 Å². The van der Waals surface area contributed by atoms with Gasteiger partial charge >= 0.3 is 10.4 Å². The van der Waals surface area contributed by atoms with Crippen LogP contribution in [0.1, 0.15) is 36.2 Å². The van der Waals surface area contributed by atoms with Crippen LogP contribution in [0.4, 0.5) is 0 Å². The molecule has 142 valence electrons. The Hall–Kier alpha value is -0.900. The third-order valence-corrected chi connectivity index (χ3v) is 4.40. The molecule has 1 aromatic rings. The van der Waals surface area contributed by atoms with E-state index in [0.29, 0.717) is 27.6 Å². The van der Waals surface area contributed by atoms with Gasteiger partial charge in [-0.1, -0.05) is 30.1 Å². The highest BCUT2D eigenvalue weighted by Gasteiger charge is 2.32. The molecule has 0 radical (unpaired) electrons. The van der Waals surface area contributed by atoms with Gasteiger partial charge in [-0.3, -0.25) is 18.7 Å². The maximum Gasteiger partial charge on any atom is 0.394 e. The second kappa shape index (κ2) is 9.70. The van der Waals surface area contributed by atoms with Crippen LogP contribution in [0.2, 0.25) is 10.0 Å². The summed E-state index contributed by atoms with van der Waals surface area (Å²) >= 11 is 17.6. The Morgan fingerprint density at radius 3 is 1.92 bits per heavy atom. The normalized spacial score (nSPS) is 13.3. The molecule has 0 aliphatic carbocycles. The molecule has 0 aliphatic rings. The van der Waals surface area contributed by atoms with Gasteiger partial charge in [-0.15, -0.1) is 11.6 Å². The Kier molecular flexibility index (Phi) is 9.35. The first-order chi connectivity index (χ1) is 11.2. The number of nitrogens with one attached hydrogen (secondary N) is 1. The molecular formula is C14H18Cl3NO6S. The summed E-state index contributed by atoms with van der Waals surface area (Å²) in [5.41, 5.74) is 0.0236. The predicted molar refractivity (Wildman–Crippen MR) is 97.3 cm³/mol. The first-order valence-electron chi connectivity index (χ1n) is 6.82. The van der Waals surface area contributed by atoms with E-state index in [4.69, 9.17) is 52.3 Å². The van der Waals surface area contributed by atoms with Crippen LogP contribution in [0.25, 0.3) is 0 Å². The van der Waals surface area contributed by atoms with E-state index < -0.39 is 21.8 Å². The summed E-state index contributed by atoms with van der Waals surface area (Å²) < 4.78 is 31.6. The van der Waals surface area contributed by atoms with Gasteiger partial charge in [0.15, 0.2) is 5.78 Å². The monoisotopic (exact) mass is 433 g/mol. The minimum absolute atomic E-state index is 0.153.